The Bertz CT molecular complexity index is 240. The molecule has 1 aliphatic rings. The number of halogens is 1. The van der Waals surface area contributed by atoms with Crippen molar-refractivity contribution in [1.29, 1.82) is 0 Å². The second-order valence-corrected chi connectivity index (χ2v) is 5.67. The minimum Gasteiger partial charge on any atom is -0.341 e. The first-order valence-corrected chi connectivity index (χ1v) is 6.65. The maximum absolute atomic E-state index is 12.4. The van der Waals surface area contributed by atoms with Crippen LogP contribution in [0.3, 0.4) is 0 Å². The van der Waals surface area contributed by atoms with Crippen LogP contribution >= 0.6 is 12.4 Å². The molecule has 0 radical (unpaired) electrons. The summed E-state index contributed by atoms with van der Waals surface area (Å²) in [5, 5.41) is 3.27. The van der Waals surface area contributed by atoms with Crippen molar-refractivity contribution in [3.05, 3.63) is 0 Å². The fraction of sp³-hybridized carbons (Fsp3) is 0.923. The Kier molecular flexibility index (Phi) is 8.57. The van der Waals surface area contributed by atoms with Crippen LogP contribution in [0, 0.1) is 11.8 Å². The molecular formula is C13H28ClN3O. The number of carbonyl (C=O) groups is 1. The normalized spacial score (nSPS) is 19.1. The third-order valence-corrected chi connectivity index (χ3v) is 3.12. The van der Waals surface area contributed by atoms with E-state index in [0.717, 1.165) is 39.1 Å². The van der Waals surface area contributed by atoms with Gasteiger partial charge >= 0.3 is 0 Å². The summed E-state index contributed by atoms with van der Waals surface area (Å²) in [4.78, 5) is 16.5. The molecule has 1 N–H and O–H groups in total. The monoisotopic (exact) mass is 277 g/mol. The van der Waals surface area contributed by atoms with E-state index in [9.17, 15) is 4.79 Å². The Labute approximate surface area is 117 Å². The van der Waals surface area contributed by atoms with Crippen molar-refractivity contribution < 1.29 is 4.79 Å². The summed E-state index contributed by atoms with van der Waals surface area (Å²) in [6, 6.07) is 0. The summed E-state index contributed by atoms with van der Waals surface area (Å²) < 4.78 is 0. The van der Waals surface area contributed by atoms with Gasteiger partial charge in [-0.05, 0) is 33.0 Å². The topological polar surface area (TPSA) is 35.6 Å². The maximum Gasteiger partial charge on any atom is 0.227 e. The van der Waals surface area contributed by atoms with Crippen LogP contribution in [0.1, 0.15) is 20.3 Å². The highest BCUT2D eigenvalue weighted by Crippen LogP contribution is 2.13. The minimum atomic E-state index is 0. The van der Waals surface area contributed by atoms with E-state index in [-0.39, 0.29) is 18.3 Å². The molecule has 0 bridgehead atoms. The highest BCUT2D eigenvalue weighted by atomic mass is 35.5. The van der Waals surface area contributed by atoms with Crippen molar-refractivity contribution >= 4 is 18.3 Å². The molecule has 0 aromatic carbocycles. The molecule has 1 atom stereocenters. The predicted molar refractivity (Wildman–Crippen MR) is 78.2 cm³/mol. The van der Waals surface area contributed by atoms with Gasteiger partial charge < -0.3 is 15.1 Å². The Morgan fingerprint density at radius 3 is 2.44 bits per heavy atom. The van der Waals surface area contributed by atoms with E-state index in [1.54, 1.807) is 0 Å². The van der Waals surface area contributed by atoms with Gasteiger partial charge in [0.15, 0.2) is 0 Å². The Hall–Kier alpha value is -0.320. The second kappa shape index (κ2) is 8.73. The van der Waals surface area contributed by atoms with E-state index in [1.807, 2.05) is 4.90 Å². The number of amides is 1. The SMILES string of the molecule is CC(C)CN(CCN(C)C)C(=O)C1CCNC1.Cl. The van der Waals surface area contributed by atoms with Gasteiger partial charge in [-0.1, -0.05) is 13.8 Å². The van der Waals surface area contributed by atoms with Gasteiger partial charge in [0.25, 0.3) is 0 Å². The number of likely N-dealkylation sites (N-methyl/N-ethyl adjacent to an activating group) is 1. The van der Waals surface area contributed by atoms with Crippen molar-refractivity contribution in [3.8, 4) is 0 Å². The van der Waals surface area contributed by atoms with E-state index >= 15 is 0 Å². The molecule has 108 valence electrons. The first kappa shape index (κ1) is 17.7. The van der Waals surface area contributed by atoms with E-state index in [2.05, 4.69) is 38.2 Å². The third kappa shape index (κ3) is 6.03. The first-order valence-electron chi connectivity index (χ1n) is 6.65. The maximum atomic E-state index is 12.4. The Balaban J connectivity index is 0.00000289. The van der Waals surface area contributed by atoms with Crippen molar-refractivity contribution in [3.63, 3.8) is 0 Å². The van der Waals surface area contributed by atoms with Gasteiger partial charge in [0.1, 0.15) is 0 Å². The zero-order valence-electron chi connectivity index (χ0n) is 12.1. The summed E-state index contributed by atoms with van der Waals surface area (Å²) in [6.45, 7) is 8.85. The lowest BCUT2D eigenvalue weighted by Crippen LogP contribution is -2.42. The van der Waals surface area contributed by atoms with Crippen LogP contribution in [0.15, 0.2) is 0 Å². The number of carbonyl (C=O) groups excluding carboxylic acids is 1. The summed E-state index contributed by atoms with van der Waals surface area (Å²) >= 11 is 0. The third-order valence-electron chi connectivity index (χ3n) is 3.12. The van der Waals surface area contributed by atoms with Crippen molar-refractivity contribution in [2.24, 2.45) is 11.8 Å². The van der Waals surface area contributed by atoms with Crippen molar-refractivity contribution in [2.45, 2.75) is 20.3 Å². The number of rotatable bonds is 6. The molecule has 1 rings (SSSR count). The van der Waals surface area contributed by atoms with E-state index in [1.165, 1.54) is 0 Å². The van der Waals surface area contributed by atoms with E-state index < -0.39 is 0 Å². The highest BCUT2D eigenvalue weighted by molar-refractivity contribution is 5.85. The number of nitrogens with zero attached hydrogens (tertiary/aromatic N) is 2. The molecule has 1 heterocycles. The van der Waals surface area contributed by atoms with Crippen LogP contribution < -0.4 is 5.32 Å². The van der Waals surface area contributed by atoms with E-state index in [0.29, 0.717) is 11.8 Å². The molecule has 18 heavy (non-hydrogen) atoms. The number of hydrogen-bond donors (Lipinski definition) is 1. The molecule has 1 fully saturated rings. The lowest BCUT2D eigenvalue weighted by atomic mass is 10.1. The molecule has 4 nitrogen and oxygen atoms in total. The van der Waals surface area contributed by atoms with Crippen LogP contribution in [0.4, 0.5) is 0 Å². The van der Waals surface area contributed by atoms with E-state index in [4.69, 9.17) is 0 Å². The molecular weight excluding hydrogens is 250 g/mol. The molecule has 0 aliphatic carbocycles. The van der Waals surface area contributed by atoms with Gasteiger partial charge in [0.2, 0.25) is 5.91 Å². The summed E-state index contributed by atoms with van der Waals surface area (Å²) in [5.41, 5.74) is 0. The zero-order valence-corrected chi connectivity index (χ0v) is 12.9. The first-order chi connectivity index (χ1) is 8.00. The molecule has 1 aliphatic heterocycles. The average molecular weight is 278 g/mol. The van der Waals surface area contributed by atoms with Crippen LogP contribution in [0.2, 0.25) is 0 Å². The Morgan fingerprint density at radius 1 is 1.33 bits per heavy atom. The minimum absolute atomic E-state index is 0. The second-order valence-electron chi connectivity index (χ2n) is 5.67. The number of hydrogen-bond acceptors (Lipinski definition) is 3. The highest BCUT2D eigenvalue weighted by Gasteiger charge is 2.27. The zero-order chi connectivity index (χ0) is 12.8. The van der Waals surface area contributed by atoms with Gasteiger partial charge in [-0.15, -0.1) is 12.4 Å². The lowest BCUT2D eigenvalue weighted by Gasteiger charge is -2.28. The molecule has 1 amide bonds. The van der Waals surface area contributed by atoms with Crippen LogP contribution in [0.25, 0.3) is 0 Å². The summed E-state index contributed by atoms with van der Waals surface area (Å²) in [7, 11) is 4.10. The molecule has 1 saturated heterocycles. The van der Waals surface area contributed by atoms with Crippen molar-refractivity contribution in [2.75, 3.05) is 46.8 Å². The van der Waals surface area contributed by atoms with Crippen LogP contribution in [-0.2, 0) is 4.79 Å². The average Bonchev–Trinajstić information content (AvgIpc) is 2.75. The molecule has 0 aromatic heterocycles. The molecule has 1 unspecified atom stereocenters. The summed E-state index contributed by atoms with van der Waals surface area (Å²) in [5.74, 6) is 1.08. The van der Waals surface area contributed by atoms with Crippen molar-refractivity contribution in [1.82, 2.24) is 15.1 Å². The number of nitrogens with one attached hydrogen (secondary N) is 1. The van der Waals surface area contributed by atoms with Gasteiger partial charge in [0.05, 0.1) is 5.92 Å². The van der Waals surface area contributed by atoms with Gasteiger partial charge in [0, 0.05) is 26.2 Å². The van der Waals surface area contributed by atoms with Crippen LogP contribution in [0.5, 0.6) is 0 Å². The van der Waals surface area contributed by atoms with Crippen LogP contribution in [-0.4, -0.2) is 62.5 Å². The lowest BCUT2D eigenvalue weighted by molar-refractivity contribution is -0.135. The largest absolute Gasteiger partial charge is 0.341 e. The standard InChI is InChI=1S/C13H27N3O.ClH/c1-11(2)10-16(8-7-15(3)4)13(17)12-5-6-14-9-12;/h11-12,14H,5-10H2,1-4H3;1H. The molecule has 0 saturated carbocycles. The predicted octanol–water partition coefficient (Wildman–Crippen LogP) is 1.06. The van der Waals surface area contributed by atoms with Gasteiger partial charge in [-0.3, -0.25) is 4.79 Å². The quantitative estimate of drug-likeness (QED) is 0.789. The molecule has 0 spiro atoms. The smallest absolute Gasteiger partial charge is 0.227 e. The fourth-order valence-corrected chi connectivity index (χ4v) is 2.18. The van der Waals surface area contributed by atoms with Gasteiger partial charge in [-0.2, -0.15) is 0 Å². The fourth-order valence-electron chi connectivity index (χ4n) is 2.18. The molecule has 0 aromatic rings. The molecule has 5 heteroatoms. The van der Waals surface area contributed by atoms with Gasteiger partial charge in [-0.25, -0.2) is 0 Å². The Morgan fingerprint density at radius 2 is 2.00 bits per heavy atom. The summed E-state index contributed by atoms with van der Waals surface area (Å²) in [6.07, 6.45) is 0.995.